The summed E-state index contributed by atoms with van der Waals surface area (Å²) in [6.07, 6.45) is 1.85. The lowest BCUT2D eigenvalue weighted by Crippen LogP contribution is -2.41. The SMILES string of the molecule is CCc1noc(Cn2c(=O)c(C#N)cn(CC)c2=O)n1. The average molecular weight is 275 g/mol. The fourth-order valence-electron chi connectivity index (χ4n) is 1.73. The summed E-state index contributed by atoms with van der Waals surface area (Å²) in [5.41, 5.74) is -1.26. The molecule has 0 fully saturated rings. The highest BCUT2D eigenvalue weighted by Gasteiger charge is 2.14. The highest BCUT2D eigenvalue weighted by Crippen LogP contribution is 1.99. The summed E-state index contributed by atoms with van der Waals surface area (Å²) in [6.45, 7) is 3.83. The summed E-state index contributed by atoms with van der Waals surface area (Å²) in [5, 5.41) is 12.6. The van der Waals surface area contributed by atoms with E-state index >= 15 is 0 Å². The largest absolute Gasteiger partial charge is 0.337 e. The van der Waals surface area contributed by atoms with Gasteiger partial charge < -0.3 is 4.52 Å². The molecule has 0 aliphatic rings. The predicted octanol–water partition coefficient (Wildman–Crippen LogP) is -0.105. The summed E-state index contributed by atoms with van der Waals surface area (Å²) in [4.78, 5) is 28.2. The standard InChI is InChI=1S/C12H13N5O3/c1-3-9-14-10(20-15-9)7-17-11(18)8(5-13)6-16(4-2)12(17)19/h6H,3-4,7H2,1-2H3. The lowest BCUT2D eigenvalue weighted by Gasteiger charge is -2.07. The third-order valence-corrected chi connectivity index (χ3v) is 2.82. The molecule has 20 heavy (non-hydrogen) atoms. The Labute approximate surface area is 113 Å². The van der Waals surface area contributed by atoms with Gasteiger partial charge in [0.05, 0.1) is 0 Å². The van der Waals surface area contributed by atoms with Crippen LogP contribution < -0.4 is 11.2 Å². The second-order valence-electron chi connectivity index (χ2n) is 4.07. The maximum atomic E-state index is 12.1. The number of nitriles is 1. The summed E-state index contributed by atoms with van der Waals surface area (Å²) in [7, 11) is 0. The van der Waals surface area contributed by atoms with E-state index < -0.39 is 11.2 Å². The molecule has 8 nitrogen and oxygen atoms in total. The topological polar surface area (TPSA) is 107 Å². The molecule has 0 atom stereocenters. The van der Waals surface area contributed by atoms with Crippen LogP contribution in [0.4, 0.5) is 0 Å². The van der Waals surface area contributed by atoms with Crippen LogP contribution in [-0.2, 0) is 19.5 Å². The normalized spacial score (nSPS) is 10.4. The van der Waals surface area contributed by atoms with E-state index in [-0.39, 0.29) is 18.0 Å². The maximum Gasteiger partial charge on any atom is 0.331 e. The van der Waals surface area contributed by atoms with Crippen LogP contribution in [-0.4, -0.2) is 19.3 Å². The van der Waals surface area contributed by atoms with Crippen molar-refractivity contribution < 1.29 is 4.52 Å². The molecule has 2 aromatic heterocycles. The molecule has 0 aromatic carbocycles. The lowest BCUT2D eigenvalue weighted by atomic mass is 10.3. The number of rotatable bonds is 4. The van der Waals surface area contributed by atoms with E-state index in [1.54, 1.807) is 13.0 Å². The smallest absolute Gasteiger partial charge is 0.331 e. The van der Waals surface area contributed by atoms with Crippen molar-refractivity contribution in [3.8, 4) is 6.07 Å². The Balaban J connectivity index is 2.53. The van der Waals surface area contributed by atoms with E-state index in [9.17, 15) is 9.59 Å². The van der Waals surface area contributed by atoms with E-state index in [0.717, 1.165) is 4.57 Å². The Hall–Kier alpha value is -2.69. The van der Waals surface area contributed by atoms with E-state index in [1.807, 2.05) is 6.92 Å². The molecule has 2 rings (SSSR count). The summed E-state index contributed by atoms with van der Waals surface area (Å²) in [5.74, 6) is 0.666. The van der Waals surface area contributed by atoms with Gasteiger partial charge in [0.15, 0.2) is 5.82 Å². The second kappa shape index (κ2) is 5.52. The molecule has 0 unspecified atom stereocenters. The molecule has 0 spiro atoms. The van der Waals surface area contributed by atoms with Crippen LogP contribution in [0, 0.1) is 11.3 Å². The molecular formula is C12H13N5O3. The third kappa shape index (κ3) is 2.38. The summed E-state index contributed by atoms with van der Waals surface area (Å²) >= 11 is 0. The first-order valence-electron chi connectivity index (χ1n) is 6.16. The van der Waals surface area contributed by atoms with Crippen LogP contribution in [0.25, 0.3) is 0 Å². The zero-order valence-corrected chi connectivity index (χ0v) is 11.2. The van der Waals surface area contributed by atoms with Crippen molar-refractivity contribution >= 4 is 0 Å². The molecule has 0 amide bonds. The number of nitrogens with zero attached hydrogens (tertiary/aromatic N) is 5. The van der Waals surface area contributed by atoms with E-state index in [2.05, 4.69) is 10.1 Å². The molecule has 2 aromatic rings. The fraction of sp³-hybridized carbons (Fsp3) is 0.417. The van der Waals surface area contributed by atoms with Gasteiger partial charge in [0.2, 0.25) is 5.89 Å². The van der Waals surface area contributed by atoms with Crippen molar-refractivity contribution in [3.63, 3.8) is 0 Å². The van der Waals surface area contributed by atoms with Crippen LogP contribution in [0.3, 0.4) is 0 Å². The van der Waals surface area contributed by atoms with Gasteiger partial charge in [-0.3, -0.25) is 9.36 Å². The molecule has 0 radical (unpaired) electrons. The number of aryl methyl sites for hydroxylation is 2. The van der Waals surface area contributed by atoms with Crippen molar-refractivity contribution in [2.45, 2.75) is 33.4 Å². The van der Waals surface area contributed by atoms with Crippen LogP contribution >= 0.6 is 0 Å². The zero-order chi connectivity index (χ0) is 14.7. The minimum absolute atomic E-state index is 0.0957. The Bertz CT molecular complexity index is 778. The van der Waals surface area contributed by atoms with Crippen LogP contribution in [0.5, 0.6) is 0 Å². The Morgan fingerprint density at radius 2 is 2.15 bits per heavy atom. The molecule has 2 heterocycles. The average Bonchev–Trinajstić information content (AvgIpc) is 2.91. The van der Waals surface area contributed by atoms with Crippen molar-refractivity contribution in [1.29, 1.82) is 5.26 Å². The maximum absolute atomic E-state index is 12.1. The predicted molar refractivity (Wildman–Crippen MR) is 68.1 cm³/mol. The minimum atomic E-state index is -0.654. The minimum Gasteiger partial charge on any atom is -0.337 e. The molecule has 0 bridgehead atoms. The van der Waals surface area contributed by atoms with Crippen LogP contribution in [0.1, 0.15) is 31.1 Å². The van der Waals surface area contributed by atoms with Gasteiger partial charge in [0, 0.05) is 19.2 Å². The number of hydrogen-bond acceptors (Lipinski definition) is 6. The van der Waals surface area contributed by atoms with Gasteiger partial charge in [-0.15, -0.1) is 0 Å². The molecule has 0 aliphatic heterocycles. The monoisotopic (exact) mass is 275 g/mol. The molecular weight excluding hydrogens is 262 g/mol. The molecule has 0 saturated heterocycles. The zero-order valence-electron chi connectivity index (χ0n) is 11.2. The first kappa shape index (κ1) is 13.7. The molecule has 0 saturated carbocycles. The van der Waals surface area contributed by atoms with Crippen molar-refractivity contribution in [3.05, 3.63) is 44.3 Å². The number of aromatic nitrogens is 4. The van der Waals surface area contributed by atoms with Crippen molar-refractivity contribution in [2.75, 3.05) is 0 Å². The molecule has 8 heteroatoms. The first-order chi connectivity index (χ1) is 9.60. The van der Waals surface area contributed by atoms with Crippen molar-refractivity contribution in [2.24, 2.45) is 0 Å². The Kier molecular flexibility index (Phi) is 3.79. The Morgan fingerprint density at radius 1 is 1.40 bits per heavy atom. The highest BCUT2D eigenvalue weighted by atomic mass is 16.5. The lowest BCUT2D eigenvalue weighted by molar-refractivity contribution is 0.361. The van der Waals surface area contributed by atoms with Crippen LogP contribution in [0.2, 0.25) is 0 Å². The molecule has 0 aliphatic carbocycles. The van der Waals surface area contributed by atoms with Crippen molar-refractivity contribution in [1.82, 2.24) is 19.3 Å². The Morgan fingerprint density at radius 3 is 2.70 bits per heavy atom. The first-order valence-corrected chi connectivity index (χ1v) is 6.16. The van der Waals surface area contributed by atoms with Gasteiger partial charge in [0.1, 0.15) is 18.2 Å². The van der Waals surface area contributed by atoms with E-state index in [0.29, 0.717) is 18.8 Å². The fourth-order valence-corrected chi connectivity index (χ4v) is 1.73. The van der Waals surface area contributed by atoms with Gasteiger partial charge in [-0.25, -0.2) is 9.36 Å². The van der Waals surface area contributed by atoms with E-state index in [1.165, 1.54) is 10.8 Å². The summed E-state index contributed by atoms with van der Waals surface area (Å²) < 4.78 is 7.18. The van der Waals surface area contributed by atoms with Gasteiger partial charge in [-0.2, -0.15) is 10.2 Å². The second-order valence-corrected chi connectivity index (χ2v) is 4.07. The van der Waals surface area contributed by atoms with Gasteiger partial charge >= 0.3 is 5.69 Å². The van der Waals surface area contributed by atoms with E-state index in [4.69, 9.17) is 9.78 Å². The third-order valence-electron chi connectivity index (χ3n) is 2.82. The quantitative estimate of drug-likeness (QED) is 0.770. The van der Waals surface area contributed by atoms with Gasteiger partial charge in [-0.1, -0.05) is 12.1 Å². The molecule has 104 valence electrons. The summed E-state index contributed by atoms with van der Waals surface area (Å²) in [6, 6.07) is 1.78. The van der Waals surface area contributed by atoms with Gasteiger partial charge in [0.25, 0.3) is 5.56 Å². The van der Waals surface area contributed by atoms with Crippen LogP contribution in [0.15, 0.2) is 20.3 Å². The highest BCUT2D eigenvalue weighted by molar-refractivity contribution is 5.22. The molecule has 0 N–H and O–H groups in total. The van der Waals surface area contributed by atoms with Gasteiger partial charge in [-0.05, 0) is 6.92 Å². The number of hydrogen-bond donors (Lipinski definition) is 0.